The molecule has 2 heterocycles. The Labute approximate surface area is 144 Å². The fourth-order valence-corrected chi connectivity index (χ4v) is 2.86. The molecule has 6 heteroatoms. The molecule has 3 rings (SSSR count). The first-order valence-electron chi connectivity index (χ1n) is 8.57. The molecule has 0 unspecified atom stereocenters. The van der Waals surface area contributed by atoms with E-state index in [1.165, 1.54) is 0 Å². The van der Waals surface area contributed by atoms with Gasteiger partial charge in [0.05, 0.1) is 31.0 Å². The number of carbonyl (C=O) groups excluding carboxylic acids is 1. The summed E-state index contributed by atoms with van der Waals surface area (Å²) in [7, 11) is -0.390. The fraction of sp³-hybridized carbons (Fsp3) is 0.611. The van der Waals surface area contributed by atoms with E-state index in [9.17, 15) is 4.79 Å². The molecule has 2 aliphatic rings. The summed E-state index contributed by atoms with van der Waals surface area (Å²) in [5.41, 5.74) is 0.948. The molecule has 0 aromatic heterocycles. The van der Waals surface area contributed by atoms with Gasteiger partial charge in [-0.3, -0.25) is 9.69 Å². The molecule has 0 spiro atoms. The summed E-state index contributed by atoms with van der Waals surface area (Å²) in [5, 5.41) is 0. The van der Waals surface area contributed by atoms with E-state index in [-0.39, 0.29) is 17.0 Å². The Hall–Kier alpha value is -1.21. The summed E-state index contributed by atoms with van der Waals surface area (Å²) in [4.78, 5) is 14.5. The zero-order valence-electron chi connectivity index (χ0n) is 15.0. The van der Waals surface area contributed by atoms with Crippen LogP contribution in [0.2, 0.25) is 0 Å². The second-order valence-corrected chi connectivity index (χ2v) is 7.52. The van der Waals surface area contributed by atoms with Gasteiger partial charge in [0.1, 0.15) is 0 Å². The smallest absolute Gasteiger partial charge is 0.399 e. The Morgan fingerprint density at radius 3 is 2.12 bits per heavy atom. The lowest BCUT2D eigenvalue weighted by atomic mass is 9.78. The van der Waals surface area contributed by atoms with Crippen LogP contribution in [0, 0.1) is 0 Å². The number of carbonyl (C=O) groups is 1. The molecule has 0 saturated carbocycles. The Balaban J connectivity index is 1.64. The molecule has 2 aliphatic heterocycles. The summed E-state index contributed by atoms with van der Waals surface area (Å²) in [6.07, 6.45) is 0. The number of nitrogens with zero attached hydrogens (tertiary/aromatic N) is 1. The molecular formula is C18H26BNO4. The lowest BCUT2D eigenvalue weighted by Crippen LogP contribution is -2.41. The zero-order chi connectivity index (χ0) is 17.4. The van der Waals surface area contributed by atoms with Crippen molar-refractivity contribution < 1.29 is 18.8 Å². The lowest BCUT2D eigenvalue weighted by Gasteiger charge is -2.32. The van der Waals surface area contributed by atoms with E-state index >= 15 is 0 Å². The molecule has 130 valence electrons. The second-order valence-electron chi connectivity index (χ2n) is 7.52. The number of morpholine rings is 1. The Morgan fingerprint density at radius 1 is 1.04 bits per heavy atom. The van der Waals surface area contributed by atoms with Crippen LogP contribution in [0.15, 0.2) is 24.3 Å². The molecule has 5 nitrogen and oxygen atoms in total. The third-order valence-corrected chi connectivity index (χ3v) is 5.23. The van der Waals surface area contributed by atoms with Crippen molar-refractivity contribution in [2.45, 2.75) is 38.9 Å². The molecule has 0 aliphatic carbocycles. The highest BCUT2D eigenvalue weighted by Crippen LogP contribution is 2.36. The highest BCUT2D eigenvalue weighted by atomic mass is 16.7. The third-order valence-electron chi connectivity index (χ3n) is 5.23. The quantitative estimate of drug-likeness (QED) is 0.618. The summed E-state index contributed by atoms with van der Waals surface area (Å²) < 4.78 is 17.4. The lowest BCUT2D eigenvalue weighted by molar-refractivity contribution is 0.00578. The van der Waals surface area contributed by atoms with Gasteiger partial charge in [0.15, 0.2) is 5.78 Å². The molecule has 2 saturated heterocycles. The van der Waals surface area contributed by atoms with Crippen LogP contribution in [0.4, 0.5) is 0 Å². The van der Waals surface area contributed by atoms with Crippen molar-refractivity contribution >= 4 is 18.4 Å². The Kier molecular flexibility index (Phi) is 4.84. The van der Waals surface area contributed by atoms with Crippen LogP contribution < -0.4 is 5.46 Å². The first kappa shape index (κ1) is 17.6. The number of Topliss-reactive ketones (excluding diaryl/α,β-unsaturated/α-hetero) is 1. The van der Waals surface area contributed by atoms with E-state index < -0.39 is 7.12 Å². The minimum atomic E-state index is -0.390. The number of ether oxygens (including phenoxy) is 1. The van der Waals surface area contributed by atoms with Crippen LogP contribution in [-0.2, 0) is 14.0 Å². The maximum absolute atomic E-state index is 12.4. The van der Waals surface area contributed by atoms with Gasteiger partial charge < -0.3 is 14.0 Å². The molecule has 0 bridgehead atoms. The van der Waals surface area contributed by atoms with Crippen molar-refractivity contribution in [1.29, 1.82) is 0 Å². The number of hydrogen-bond donors (Lipinski definition) is 0. The van der Waals surface area contributed by atoms with Crippen LogP contribution in [0.5, 0.6) is 0 Å². The molecule has 1 aromatic carbocycles. The van der Waals surface area contributed by atoms with Crippen LogP contribution >= 0.6 is 0 Å². The van der Waals surface area contributed by atoms with Gasteiger partial charge in [0.25, 0.3) is 0 Å². The van der Waals surface area contributed by atoms with Gasteiger partial charge in [-0.15, -0.1) is 0 Å². The predicted octanol–water partition coefficient (Wildman–Crippen LogP) is 1.50. The van der Waals surface area contributed by atoms with Crippen molar-refractivity contribution in [2.24, 2.45) is 0 Å². The molecule has 0 radical (unpaired) electrons. The van der Waals surface area contributed by atoms with E-state index in [1.54, 1.807) is 0 Å². The summed E-state index contributed by atoms with van der Waals surface area (Å²) in [6, 6.07) is 7.58. The Morgan fingerprint density at radius 2 is 1.58 bits per heavy atom. The topological polar surface area (TPSA) is 48.0 Å². The number of rotatable bonds is 4. The normalized spacial score (nSPS) is 23.4. The van der Waals surface area contributed by atoms with E-state index in [0.29, 0.717) is 19.8 Å². The molecule has 0 N–H and O–H groups in total. The van der Waals surface area contributed by atoms with E-state index in [4.69, 9.17) is 14.0 Å². The predicted molar refractivity (Wildman–Crippen MR) is 93.7 cm³/mol. The largest absolute Gasteiger partial charge is 0.494 e. The fourth-order valence-electron chi connectivity index (χ4n) is 2.86. The van der Waals surface area contributed by atoms with E-state index in [0.717, 1.165) is 24.1 Å². The van der Waals surface area contributed by atoms with E-state index in [1.807, 2.05) is 52.0 Å². The van der Waals surface area contributed by atoms with Crippen LogP contribution in [0.25, 0.3) is 0 Å². The van der Waals surface area contributed by atoms with Crippen molar-refractivity contribution in [1.82, 2.24) is 4.90 Å². The van der Waals surface area contributed by atoms with Gasteiger partial charge in [-0.25, -0.2) is 0 Å². The minimum absolute atomic E-state index is 0.136. The van der Waals surface area contributed by atoms with Gasteiger partial charge in [-0.05, 0) is 33.2 Å². The standard InChI is InChI=1S/C18H26BNO4/c1-17(2)18(3,4)24-19(23-17)15-7-5-14(6-8-15)16(21)13-20-9-11-22-12-10-20/h5-8H,9-13H2,1-4H3. The monoisotopic (exact) mass is 331 g/mol. The molecule has 24 heavy (non-hydrogen) atoms. The summed E-state index contributed by atoms with van der Waals surface area (Å²) in [6.45, 7) is 11.6. The molecule has 0 atom stereocenters. The van der Waals surface area contributed by atoms with Crippen LogP contribution in [-0.4, -0.2) is 61.9 Å². The van der Waals surface area contributed by atoms with Gasteiger partial charge in [0, 0.05) is 18.7 Å². The molecule has 2 fully saturated rings. The zero-order valence-corrected chi connectivity index (χ0v) is 15.0. The Bertz CT molecular complexity index is 578. The van der Waals surface area contributed by atoms with Gasteiger partial charge >= 0.3 is 7.12 Å². The van der Waals surface area contributed by atoms with Crippen LogP contribution in [0.3, 0.4) is 0 Å². The maximum Gasteiger partial charge on any atom is 0.494 e. The molecular weight excluding hydrogens is 305 g/mol. The average molecular weight is 331 g/mol. The van der Waals surface area contributed by atoms with Crippen molar-refractivity contribution in [3.8, 4) is 0 Å². The average Bonchev–Trinajstić information content (AvgIpc) is 2.76. The van der Waals surface area contributed by atoms with Crippen molar-refractivity contribution in [3.63, 3.8) is 0 Å². The third kappa shape index (κ3) is 3.57. The highest BCUT2D eigenvalue weighted by molar-refractivity contribution is 6.62. The first-order valence-corrected chi connectivity index (χ1v) is 8.57. The summed E-state index contributed by atoms with van der Waals surface area (Å²) in [5.74, 6) is 0.136. The number of hydrogen-bond acceptors (Lipinski definition) is 5. The molecule has 0 amide bonds. The number of ketones is 1. The second kappa shape index (κ2) is 6.60. The van der Waals surface area contributed by atoms with Gasteiger partial charge in [-0.1, -0.05) is 24.3 Å². The van der Waals surface area contributed by atoms with Crippen molar-refractivity contribution in [2.75, 3.05) is 32.8 Å². The first-order chi connectivity index (χ1) is 11.3. The van der Waals surface area contributed by atoms with Crippen molar-refractivity contribution in [3.05, 3.63) is 29.8 Å². The molecule has 1 aromatic rings. The maximum atomic E-state index is 12.4. The summed E-state index contributed by atoms with van der Waals surface area (Å²) >= 11 is 0. The van der Waals surface area contributed by atoms with Crippen LogP contribution in [0.1, 0.15) is 38.1 Å². The number of benzene rings is 1. The van der Waals surface area contributed by atoms with E-state index in [2.05, 4.69) is 4.90 Å². The minimum Gasteiger partial charge on any atom is -0.399 e. The highest BCUT2D eigenvalue weighted by Gasteiger charge is 2.51. The van der Waals surface area contributed by atoms with Gasteiger partial charge in [-0.2, -0.15) is 0 Å². The van der Waals surface area contributed by atoms with Gasteiger partial charge in [0.2, 0.25) is 0 Å². The SMILES string of the molecule is CC1(C)OB(c2ccc(C(=O)CN3CCOCC3)cc2)OC1(C)C.